The van der Waals surface area contributed by atoms with Gasteiger partial charge in [-0.3, -0.25) is 4.79 Å². The standard InChI is InChI=1S/C15H15NO3/c1-8-13(19-3)12(17)11-9-6-4-5-7-10(9)16-14(11)15(8,2)18/h4-7,16,18H,1-3H3/t15-/m1/s1. The number of aromatic nitrogens is 1. The number of carbonyl (C=O) groups is 1. The number of hydrogen-bond acceptors (Lipinski definition) is 3. The molecule has 0 bridgehead atoms. The highest BCUT2D eigenvalue weighted by Crippen LogP contribution is 2.41. The highest BCUT2D eigenvalue weighted by molar-refractivity contribution is 6.18. The molecule has 0 spiro atoms. The van der Waals surface area contributed by atoms with Crippen molar-refractivity contribution in [2.24, 2.45) is 0 Å². The van der Waals surface area contributed by atoms with Crippen molar-refractivity contribution < 1.29 is 14.6 Å². The molecule has 0 unspecified atom stereocenters. The van der Waals surface area contributed by atoms with Gasteiger partial charge in [0.15, 0.2) is 5.76 Å². The Labute approximate surface area is 110 Å². The lowest BCUT2D eigenvalue weighted by atomic mass is 9.82. The molecule has 4 nitrogen and oxygen atoms in total. The maximum Gasteiger partial charge on any atom is 0.230 e. The van der Waals surface area contributed by atoms with Crippen LogP contribution in [0.15, 0.2) is 35.6 Å². The van der Waals surface area contributed by atoms with Gasteiger partial charge in [-0.05, 0) is 19.9 Å². The van der Waals surface area contributed by atoms with E-state index in [0.717, 1.165) is 10.9 Å². The second-order valence-electron chi connectivity index (χ2n) is 4.98. The Hall–Kier alpha value is -2.07. The molecule has 3 rings (SSSR count). The average Bonchev–Trinajstić information content (AvgIpc) is 2.78. The van der Waals surface area contributed by atoms with E-state index in [1.54, 1.807) is 13.8 Å². The number of aliphatic hydroxyl groups is 1. The maximum atomic E-state index is 12.5. The number of fused-ring (bicyclic) bond motifs is 3. The number of Topliss-reactive ketones (excluding diaryl/α,β-unsaturated/α-hetero) is 1. The lowest BCUT2D eigenvalue weighted by Crippen LogP contribution is -2.33. The van der Waals surface area contributed by atoms with Crippen LogP contribution in [-0.4, -0.2) is 23.0 Å². The van der Waals surface area contributed by atoms with E-state index in [1.807, 2.05) is 24.3 Å². The summed E-state index contributed by atoms with van der Waals surface area (Å²) in [5.74, 6) is 0.0428. The Kier molecular flexibility index (Phi) is 2.34. The Morgan fingerprint density at radius 3 is 2.68 bits per heavy atom. The van der Waals surface area contributed by atoms with Gasteiger partial charge in [0.1, 0.15) is 5.60 Å². The molecule has 0 fully saturated rings. The van der Waals surface area contributed by atoms with Gasteiger partial charge >= 0.3 is 0 Å². The van der Waals surface area contributed by atoms with E-state index in [1.165, 1.54) is 7.11 Å². The highest BCUT2D eigenvalue weighted by Gasteiger charge is 2.42. The van der Waals surface area contributed by atoms with E-state index in [9.17, 15) is 9.90 Å². The summed E-state index contributed by atoms with van der Waals surface area (Å²) in [7, 11) is 1.45. The molecule has 1 aromatic heterocycles. The van der Waals surface area contributed by atoms with Crippen LogP contribution in [0.1, 0.15) is 29.9 Å². The first-order valence-electron chi connectivity index (χ1n) is 6.12. The Bertz CT molecular complexity index is 722. The predicted octanol–water partition coefficient (Wildman–Crippen LogP) is 2.49. The molecule has 0 saturated heterocycles. The number of benzene rings is 1. The lowest BCUT2D eigenvalue weighted by molar-refractivity contribution is 0.0696. The molecule has 1 aromatic carbocycles. The number of rotatable bonds is 1. The van der Waals surface area contributed by atoms with Gasteiger partial charge in [0.25, 0.3) is 0 Å². The fourth-order valence-corrected chi connectivity index (χ4v) is 2.68. The van der Waals surface area contributed by atoms with E-state index < -0.39 is 5.60 Å². The molecule has 1 aliphatic carbocycles. The Morgan fingerprint density at radius 1 is 1.32 bits per heavy atom. The smallest absolute Gasteiger partial charge is 0.230 e. The molecular weight excluding hydrogens is 242 g/mol. The van der Waals surface area contributed by atoms with E-state index in [-0.39, 0.29) is 11.5 Å². The summed E-state index contributed by atoms with van der Waals surface area (Å²) in [4.78, 5) is 15.7. The zero-order chi connectivity index (χ0) is 13.8. The third-order valence-corrected chi connectivity index (χ3v) is 3.90. The van der Waals surface area contributed by atoms with Crippen LogP contribution >= 0.6 is 0 Å². The molecule has 2 aromatic rings. The molecule has 4 heteroatoms. The SMILES string of the molecule is COC1=C(C)[C@@](C)(O)c2[nH]c3ccccc3c2C1=O. The largest absolute Gasteiger partial charge is 0.493 e. The normalized spacial score (nSPS) is 22.8. The first-order valence-corrected chi connectivity index (χ1v) is 6.12. The molecule has 1 aliphatic rings. The number of H-pyrrole nitrogens is 1. The molecule has 1 atom stereocenters. The lowest BCUT2D eigenvalue weighted by Gasteiger charge is -2.30. The minimum atomic E-state index is -1.23. The second-order valence-corrected chi connectivity index (χ2v) is 4.98. The summed E-state index contributed by atoms with van der Waals surface area (Å²) in [6.07, 6.45) is 0. The molecule has 98 valence electrons. The van der Waals surface area contributed by atoms with Crippen molar-refractivity contribution in [2.45, 2.75) is 19.4 Å². The van der Waals surface area contributed by atoms with E-state index >= 15 is 0 Å². The number of para-hydroxylation sites is 1. The number of ketones is 1. The molecular formula is C15H15NO3. The van der Waals surface area contributed by atoms with Gasteiger partial charge in [0, 0.05) is 16.5 Å². The van der Waals surface area contributed by atoms with Gasteiger partial charge in [-0.25, -0.2) is 0 Å². The minimum Gasteiger partial charge on any atom is -0.493 e. The number of hydrogen-bond donors (Lipinski definition) is 2. The minimum absolute atomic E-state index is 0.182. The second kappa shape index (κ2) is 3.71. The number of methoxy groups -OCH3 is 1. The molecule has 1 heterocycles. The maximum absolute atomic E-state index is 12.5. The third kappa shape index (κ3) is 1.40. The van der Waals surface area contributed by atoms with Crippen molar-refractivity contribution >= 4 is 16.7 Å². The molecule has 0 aliphatic heterocycles. The first kappa shape index (κ1) is 12.0. The number of allylic oxidation sites excluding steroid dienone is 1. The Balaban J connectivity index is 2.41. The monoisotopic (exact) mass is 257 g/mol. The van der Waals surface area contributed by atoms with Crippen LogP contribution in [0.3, 0.4) is 0 Å². The van der Waals surface area contributed by atoms with Crippen LogP contribution in [-0.2, 0) is 10.3 Å². The third-order valence-electron chi connectivity index (χ3n) is 3.90. The average molecular weight is 257 g/mol. The molecule has 19 heavy (non-hydrogen) atoms. The Morgan fingerprint density at radius 2 is 2.00 bits per heavy atom. The summed E-state index contributed by atoms with van der Waals surface area (Å²) in [6, 6.07) is 7.52. The molecule has 0 radical (unpaired) electrons. The summed E-state index contributed by atoms with van der Waals surface area (Å²) in [6.45, 7) is 3.38. The number of nitrogens with one attached hydrogen (secondary N) is 1. The van der Waals surface area contributed by atoms with Gasteiger partial charge in [0.05, 0.1) is 18.4 Å². The fraction of sp³-hybridized carbons (Fsp3) is 0.267. The summed E-state index contributed by atoms with van der Waals surface area (Å²) >= 11 is 0. The van der Waals surface area contributed by atoms with Crippen molar-refractivity contribution in [3.05, 3.63) is 46.9 Å². The van der Waals surface area contributed by atoms with Gasteiger partial charge < -0.3 is 14.8 Å². The first-order chi connectivity index (χ1) is 8.98. The van der Waals surface area contributed by atoms with E-state index in [2.05, 4.69) is 4.98 Å². The van der Waals surface area contributed by atoms with Gasteiger partial charge in [-0.1, -0.05) is 18.2 Å². The van der Waals surface area contributed by atoms with Crippen LogP contribution in [0.4, 0.5) is 0 Å². The van der Waals surface area contributed by atoms with Crippen molar-refractivity contribution in [1.82, 2.24) is 4.98 Å². The summed E-state index contributed by atoms with van der Waals surface area (Å²) < 4.78 is 5.18. The van der Waals surface area contributed by atoms with Crippen molar-refractivity contribution in [2.75, 3.05) is 7.11 Å². The molecule has 0 saturated carbocycles. The van der Waals surface area contributed by atoms with Gasteiger partial charge in [-0.15, -0.1) is 0 Å². The van der Waals surface area contributed by atoms with Crippen LogP contribution in [0.2, 0.25) is 0 Å². The van der Waals surface area contributed by atoms with Crippen LogP contribution < -0.4 is 0 Å². The van der Waals surface area contributed by atoms with Crippen LogP contribution in [0, 0.1) is 0 Å². The fourth-order valence-electron chi connectivity index (χ4n) is 2.68. The van der Waals surface area contributed by atoms with Crippen LogP contribution in [0.5, 0.6) is 0 Å². The quantitative estimate of drug-likeness (QED) is 0.825. The van der Waals surface area contributed by atoms with E-state index in [4.69, 9.17) is 4.74 Å². The van der Waals surface area contributed by atoms with Gasteiger partial charge in [0.2, 0.25) is 5.78 Å². The topological polar surface area (TPSA) is 62.3 Å². The van der Waals surface area contributed by atoms with Crippen LogP contribution in [0.25, 0.3) is 10.9 Å². The molecule has 0 amide bonds. The van der Waals surface area contributed by atoms with Crippen molar-refractivity contribution in [1.29, 1.82) is 0 Å². The van der Waals surface area contributed by atoms with E-state index in [0.29, 0.717) is 16.8 Å². The zero-order valence-electron chi connectivity index (χ0n) is 11.1. The highest BCUT2D eigenvalue weighted by atomic mass is 16.5. The number of aromatic amines is 1. The van der Waals surface area contributed by atoms with Gasteiger partial charge in [-0.2, -0.15) is 0 Å². The van der Waals surface area contributed by atoms with Crippen molar-refractivity contribution in [3.63, 3.8) is 0 Å². The predicted molar refractivity (Wildman–Crippen MR) is 71.9 cm³/mol. The summed E-state index contributed by atoms with van der Waals surface area (Å²) in [5.41, 5.74) is 1.18. The number of ether oxygens (including phenoxy) is 1. The summed E-state index contributed by atoms with van der Waals surface area (Å²) in [5, 5.41) is 11.5. The number of carbonyl (C=O) groups excluding carboxylic acids is 1. The van der Waals surface area contributed by atoms with Crippen molar-refractivity contribution in [3.8, 4) is 0 Å². The molecule has 2 N–H and O–H groups in total. The zero-order valence-corrected chi connectivity index (χ0v) is 11.1.